The molecule has 2 atom stereocenters. The number of carbonyl (C=O) groups excluding carboxylic acids is 2. The van der Waals surface area contributed by atoms with Crippen molar-refractivity contribution in [3.05, 3.63) is 46.5 Å². The van der Waals surface area contributed by atoms with Crippen molar-refractivity contribution in [1.29, 1.82) is 0 Å². The number of urea groups is 1. The number of hydroxylamine groups is 2. The Labute approximate surface area is 172 Å². The van der Waals surface area contributed by atoms with E-state index in [-0.39, 0.29) is 31.0 Å². The minimum absolute atomic E-state index is 0.115. The summed E-state index contributed by atoms with van der Waals surface area (Å²) < 4.78 is 28.2. The molecular weight excluding hydrogens is 396 g/mol. The quantitative estimate of drug-likeness (QED) is 0.812. The maximum Gasteiger partial charge on any atom is 0.322 e. The number of nitrogens with one attached hydrogen (secondary N) is 1. The standard InChI is InChI=1S/C20H23F2N5O3/c1-11-6-13(4-5-16(11)22)23-20(29)26-10-15-17(7-12(26)2)24-27-9-14(8-21)30-25(3)19(28)18(15)27/h4-6,12,14H,7-10H2,1-3H3,(H,23,29)/t12-,14+/m1/s1. The van der Waals surface area contributed by atoms with E-state index in [4.69, 9.17) is 4.84 Å². The van der Waals surface area contributed by atoms with E-state index in [1.165, 1.54) is 23.9 Å². The largest absolute Gasteiger partial charge is 0.322 e. The van der Waals surface area contributed by atoms with Crippen LogP contribution in [0.4, 0.5) is 19.3 Å². The Bertz CT molecular complexity index is 1010. The van der Waals surface area contributed by atoms with Crippen LogP contribution in [0.3, 0.4) is 0 Å². The molecule has 1 aromatic heterocycles. The van der Waals surface area contributed by atoms with Gasteiger partial charge in [0.15, 0.2) is 0 Å². The SMILES string of the molecule is Cc1cc(NC(=O)N2Cc3c(nn4c3C(=O)N(C)O[C@@H](CF)C4)C[C@H]2C)ccc1F. The Balaban J connectivity index is 1.61. The molecule has 8 nitrogen and oxygen atoms in total. The van der Waals surface area contributed by atoms with Crippen LogP contribution < -0.4 is 5.32 Å². The van der Waals surface area contributed by atoms with E-state index in [0.29, 0.717) is 28.9 Å². The highest BCUT2D eigenvalue weighted by atomic mass is 19.1. The van der Waals surface area contributed by atoms with Gasteiger partial charge in [-0.15, -0.1) is 0 Å². The molecule has 1 aromatic carbocycles. The minimum atomic E-state index is -0.805. The third-order valence-electron chi connectivity index (χ3n) is 5.50. The lowest BCUT2D eigenvalue weighted by Crippen LogP contribution is -2.45. The Hall–Kier alpha value is -3.01. The number of hydrogen-bond acceptors (Lipinski definition) is 4. The highest BCUT2D eigenvalue weighted by Crippen LogP contribution is 2.29. The zero-order valence-electron chi connectivity index (χ0n) is 17.0. The molecule has 2 aromatic rings. The van der Waals surface area contributed by atoms with E-state index in [2.05, 4.69) is 10.4 Å². The molecule has 0 bridgehead atoms. The van der Waals surface area contributed by atoms with Crippen molar-refractivity contribution < 1.29 is 23.2 Å². The van der Waals surface area contributed by atoms with Gasteiger partial charge in [-0.2, -0.15) is 5.10 Å². The molecule has 10 heteroatoms. The van der Waals surface area contributed by atoms with Crippen molar-refractivity contribution in [3.8, 4) is 0 Å². The van der Waals surface area contributed by atoms with Gasteiger partial charge in [0, 0.05) is 30.8 Å². The molecule has 2 aliphatic rings. The van der Waals surface area contributed by atoms with Crippen LogP contribution in [-0.4, -0.2) is 57.5 Å². The van der Waals surface area contributed by atoms with Crippen molar-refractivity contribution in [2.45, 2.75) is 45.5 Å². The van der Waals surface area contributed by atoms with Crippen molar-refractivity contribution in [3.63, 3.8) is 0 Å². The first-order valence-corrected chi connectivity index (χ1v) is 9.71. The summed E-state index contributed by atoms with van der Waals surface area (Å²) in [5, 5.41) is 8.31. The first kappa shape index (κ1) is 20.3. The minimum Gasteiger partial charge on any atom is -0.317 e. The molecule has 0 unspecified atom stereocenters. The molecule has 4 rings (SSSR count). The number of amides is 3. The van der Waals surface area contributed by atoms with Gasteiger partial charge in [-0.05, 0) is 37.6 Å². The first-order chi connectivity index (χ1) is 14.3. The summed E-state index contributed by atoms with van der Waals surface area (Å²) in [6.45, 7) is 3.06. The van der Waals surface area contributed by atoms with E-state index in [0.717, 1.165) is 10.8 Å². The molecule has 0 aliphatic carbocycles. The normalized spacial score (nSPS) is 21.2. The fourth-order valence-electron chi connectivity index (χ4n) is 3.88. The van der Waals surface area contributed by atoms with Gasteiger partial charge in [-0.1, -0.05) is 0 Å². The van der Waals surface area contributed by atoms with E-state index in [9.17, 15) is 18.4 Å². The number of alkyl halides is 1. The molecule has 3 heterocycles. The summed E-state index contributed by atoms with van der Waals surface area (Å²) >= 11 is 0. The van der Waals surface area contributed by atoms with Gasteiger partial charge in [0.1, 0.15) is 24.3 Å². The number of aromatic nitrogens is 2. The molecule has 0 saturated carbocycles. The lowest BCUT2D eigenvalue weighted by Gasteiger charge is -2.33. The van der Waals surface area contributed by atoms with Gasteiger partial charge in [0.05, 0.1) is 18.8 Å². The third-order valence-corrected chi connectivity index (χ3v) is 5.50. The number of nitrogens with zero attached hydrogens (tertiary/aromatic N) is 4. The Morgan fingerprint density at radius 3 is 2.87 bits per heavy atom. The second-order valence-corrected chi connectivity index (χ2v) is 7.72. The maximum absolute atomic E-state index is 13.5. The highest BCUT2D eigenvalue weighted by molar-refractivity contribution is 5.94. The molecule has 0 saturated heterocycles. The number of halogens is 2. The zero-order chi connectivity index (χ0) is 21.6. The van der Waals surface area contributed by atoms with Gasteiger partial charge >= 0.3 is 6.03 Å². The van der Waals surface area contributed by atoms with Crippen LogP contribution in [-0.2, 0) is 24.3 Å². The maximum atomic E-state index is 13.5. The van der Waals surface area contributed by atoms with E-state index in [1.54, 1.807) is 17.9 Å². The van der Waals surface area contributed by atoms with E-state index < -0.39 is 18.7 Å². The van der Waals surface area contributed by atoms with Crippen LogP contribution >= 0.6 is 0 Å². The predicted molar refractivity (Wildman–Crippen MR) is 104 cm³/mol. The summed E-state index contributed by atoms with van der Waals surface area (Å²) in [7, 11) is 1.44. The number of fused-ring (bicyclic) bond motifs is 3. The number of anilines is 1. The molecule has 0 radical (unpaired) electrons. The van der Waals surface area contributed by atoms with Gasteiger partial charge in [0.2, 0.25) is 0 Å². The smallest absolute Gasteiger partial charge is 0.317 e. The van der Waals surface area contributed by atoms with Gasteiger partial charge in [0.25, 0.3) is 5.91 Å². The van der Waals surface area contributed by atoms with Gasteiger partial charge in [-0.25, -0.2) is 18.6 Å². The van der Waals surface area contributed by atoms with Crippen LogP contribution in [0, 0.1) is 12.7 Å². The molecule has 0 spiro atoms. The zero-order valence-corrected chi connectivity index (χ0v) is 17.0. The first-order valence-electron chi connectivity index (χ1n) is 9.71. The number of hydrogen-bond donors (Lipinski definition) is 1. The van der Waals surface area contributed by atoms with E-state index in [1.807, 2.05) is 6.92 Å². The number of benzene rings is 1. The van der Waals surface area contributed by atoms with Gasteiger partial charge < -0.3 is 10.2 Å². The van der Waals surface area contributed by atoms with Crippen molar-refractivity contribution >= 4 is 17.6 Å². The molecule has 3 amide bonds. The summed E-state index contributed by atoms with van der Waals surface area (Å²) in [6, 6.07) is 3.84. The van der Waals surface area contributed by atoms with Crippen molar-refractivity contribution in [2.75, 3.05) is 19.0 Å². The molecule has 0 fully saturated rings. The van der Waals surface area contributed by atoms with Gasteiger partial charge in [-0.3, -0.25) is 14.3 Å². The van der Waals surface area contributed by atoms with Crippen LogP contribution in [0.15, 0.2) is 18.2 Å². The average Bonchev–Trinajstić information content (AvgIpc) is 2.99. The summed E-state index contributed by atoms with van der Waals surface area (Å²) in [5.41, 5.74) is 2.59. The van der Waals surface area contributed by atoms with Crippen LogP contribution in [0.1, 0.15) is 34.2 Å². The topological polar surface area (TPSA) is 79.7 Å². The monoisotopic (exact) mass is 419 g/mol. The molecule has 30 heavy (non-hydrogen) atoms. The molecular formula is C20H23F2N5O3. The lowest BCUT2D eigenvalue weighted by molar-refractivity contribution is -0.152. The average molecular weight is 419 g/mol. The van der Waals surface area contributed by atoms with Crippen LogP contribution in [0.2, 0.25) is 0 Å². The summed E-state index contributed by atoms with van der Waals surface area (Å²) in [4.78, 5) is 32.7. The summed E-state index contributed by atoms with van der Waals surface area (Å²) in [6.07, 6.45) is -0.344. The van der Waals surface area contributed by atoms with Crippen molar-refractivity contribution in [1.82, 2.24) is 19.7 Å². The second-order valence-electron chi connectivity index (χ2n) is 7.72. The fraction of sp³-hybridized carbons (Fsp3) is 0.450. The summed E-state index contributed by atoms with van der Waals surface area (Å²) in [5.74, 6) is -0.772. The van der Waals surface area contributed by atoms with Crippen molar-refractivity contribution in [2.24, 2.45) is 0 Å². The highest BCUT2D eigenvalue weighted by Gasteiger charge is 2.37. The number of carbonyl (C=O) groups is 2. The fourth-order valence-corrected chi connectivity index (χ4v) is 3.88. The predicted octanol–water partition coefficient (Wildman–Crippen LogP) is 2.66. The number of rotatable bonds is 2. The Morgan fingerprint density at radius 1 is 1.40 bits per heavy atom. The molecule has 160 valence electrons. The van der Waals surface area contributed by atoms with E-state index >= 15 is 0 Å². The second kappa shape index (κ2) is 7.67. The number of aryl methyl sites for hydroxylation is 1. The lowest BCUT2D eigenvalue weighted by atomic mass is 9.99. The van der Waals surface area contributed by atoms with Crippen LogP contribution in [0.25, 0.3) is 0 Å². The Morgan fingerprint density at radius 2 is 2.17 bits per heavy atom. The Kier molecular flexibility index (Phi) is 5.19. The third kappa shape index (κ3) is 3.51. The molecule has 2 aliphatic heterocycles. The van der Waals surface area contributed by atoms with Crippen LogP contribution in [0.5, 0.6) is 0 Å². The molecule has 1 N–H and O–H groups in total.